The molecule has 0 rings (SSSR count). The summed E-state index contributed by atoms with van der Waals surface area (Å²) in [4.78, 5) is 25.5. The van der Waals surface area contributed by atoms with Gasteiger partial charge in [0, 0.05) is 6.42 Å². The van der Waals surface area contributed by atoms with Crippen LogP contribution in [0.5, 0.6) is 0 Å². The van der Waals surface area contributed by atoms with Crippen LogP contribution in [0.15, 0.2) is 36.5 Å². The van der Waals surface area contributed by atoms with Gasteiger partial charge >= 0.3 is 0 Å². The zero-order valence-corrected chi connectivity index (χ0v) is 45.3. The Bertz CT molecular complexity index is 1170. The van der Waals surface area contributed by atoms with Gasteiger partial charge in [-0.05, 0) is 57.8 Å². The van der Waals surface area contributed by atoms with Gasteiger partial charge < -0.3 is 28.8 Å². The number of aliphatic hydroxyl groups excluding tert-OH is 1. The van der Waals surface area contributed by atoms with Gasteiger partial charge in [0.25, 0.3) is 7.82 Å². The van der Waals surface area contributed by atoms with E-state index in [0.717, 1.165) is 38.5 Å². The highest BCUT2D eigenvalue weighted by molar-refractivity contribution is 7.45. The van der Waals surface area contributed by atoms with Gasteiger partial charge in [-0.15, -0.1) is 0 Å². The Labute approximate surface area is 410 Å². The quantitative estimate of drug-likeness (QED) is 0.0272. The molecule has 1 amide bonds. The molecule has 0 aliphatic heterocycles. The number of nitrogens with one attached hydrogen (secondary N) is 1. The zero-order valence-electron chi connectivity index (χ0n) is 44.4. The average molecular weight is 951 g/mol. The van der Waals surface area contributed by atoms with Crippen LogP contribution in [-0.4, -0.2) is 68.5 Å². The van der Waals surface area contributed by atoms with Crippen molar-refractivity contribution in [1.82, 2.24) is 5.32 Å². The summed E-state index contributed by atoms with van der Waals surface area (Å²) in [5, 5.41) is 13.9. The first kappa shape index (κ1) is 64.7. The zero-order chi connectivity index (χ0) is 48.5. The number of aliphatic hydroxyl groups is 1. The number of allylic oxidation sites excluding steroid dienone is 5. The number of phosphoric ester groups is 1. The van der Waals surface area contributed by atoms with Crippen molar-refractivity contribution in [3.8, 4) is 0 Å². The first-order chi connectivity index (χ1) is 32.0. The van der Waals surface area contributed by atoms with Gasteiger partial charge in [0.15, 0.2) is 0 Å². The molecule has 0 spiro atoms. The Kier molecular flexibility index (Phi) is 47.8. The number of likely N-dealkylation sites (N-methyl/N-ethyl adjacent to an activating group) is 1. The summed E-state index contributed by atoms with van der Waals surface area (Å²) in [7, 11) is 1.25. The van der Waals surface area contributed by atoms with E-state index in [1.807, 2.05) is 27.2 Å². The summed E-state index contributed by atoms with van der Waals surface area (Å²) in [6, 6.07) is -0.905. The lowest BCUT2D eigenvalue weighted by molar-refractivity contribution is -0.870. The standard InChI is InChI=1S/C57H111N2O6P/c1-6-8-10-12-14-16-18-20-22-24-26-28-30-32-34-36-38-40-42-44-46-48-50-56(60)55(54-65-66(62,63)64-53-52-59(3,4)5)58-57(61)51-49-47-45-43-41-39-37-35-33-31-29-27-25-23-21-19-17-15-13-11-9-7-2/h31,33,40,42,48,50,55-56,60H,6-30,32,34-39,41,43-47,49,51-54H2,1-5H3,(H-,58,61,62,63)/b33-31-,42-40+,50-48+. The summed E-state index contributed by atoms with van der Waals surface area (Å²) in [6.07, 6.45) is 62.2. The van der Waals surface area contributed by atoms with E-state index in [9.17, 15) is 19.4 Å². The second-order valence-corrected chi connectivity index (χ2v) is 22.0. The van der Waals surface area contributed by atoms with Crippen molar-refractivity contribution >= 4 is 13.7 Å². The van der Waals surface area contributed by atoms with Crippen LogP contribution in [0.3, 0.4) is 0 Å². The average Bonchev–Trinajstić information content (AvgIpc) is 3.28. The molecule has 3 unspecified atom stereocenters. The third-order valence-corrected chi connectivity index (χ3v) is 13.8. The molecule has 8 nitrogen and oxygen atoms in total. The summed E-state index contributed by atoms with van der Waals surface area (Å²) in [5.74, 6) is -0.209. The Balaban J connectivity index is 4.28. The number of hydrogen-bond donors (Lipinski definition) is 2. The smallest absolute Gasteiger partial charge is 0.268 e. The molecule has 3 atom stereocenters. The molecule has 0 saturated carbocycles. The van der Waals surface area contributed by atoms with Gasteiger partial charge in [-0.1, -0.05) is 243 Å². The van der Waals surface area contributed by atoms with Gasteiger partial charge in [0.2, 0.25) is 5.91 Å². The summed E-state index contributed by atoms with van der Waals surface area (Å²) in [6.45, 7) is 4.66. The van der Waals surface area contributed by atoms with E-state index < -0.39 is 26.6 Å². The van der Waals surface area contributed by atoms with E-state index in [1.165, 1.54) is 212 Å². The van der Waals surface area contributed by atoms with Gasteiger partial charge in [0.1, 0.15) is 13.2 Å². The van der Waals surface area contributed by atoms with E-state index in [2.05, 4.69) is 43.5 Å². The van der Waals surface area contributed by atoms with Crippen molar-refractivity contribution in [2.24, 2.45) is 0 Å². The fourth-order valence-electron chi connectivity index (χ4n) is 8.34. The largest absolute Gasteiger partial charge is 0.756 e. The van der Waals surface area contributed by atoms with Crippen molar-refractivity contribution in [2.75, 3.05) is 40.9 Å². The molecule has 0 bridgehead atoms. The Morgan fingerprint density at radius 3 is 1.23 bits per heavy atom. The van der Waals surface area contributed by atoms with Gasteiger partial charge in [-0.3, -0.25) is 9.36 Å². The number of unbranched alkanes of at least 4 members (excludes halogenated alkanes) is 35. The van der Waals surface area contributed by atoms with Crippen molar-refractivity contribution in [3.63, 3.8) is 0 Å². The number of hydrogen-bond acceptors (Lipinski definition) is 6. The normalized spacial score (nSPS) is 14.2. The molecule has 0 aromatic heterocycles. The van der Waals surface area contributed by atoms with Crippen molar-refractivity contribution < 1.29 is 32.9 Å². The van der Waals surface area contributed by atoms with E-state index in [4.69, 9.17) is 9.05 Å². The molecule has 0 radical (unpaired) electrons. The third kappa shape index (κ3) is 50.6. The highest BCUT2D eigenvalue weighted by atomic mass is 31.2. The molecule has 0 aromatic carbocycles. The van der Waals surface area contributed by atoms with Crippen LogP contribution in [0.4, 0.5) is 0 Å². The van der Waals surface area contributed by atoms with Gasteiger partial charge in [0.05, 0.1) is 39.9 Å². The maximum atomic E-state index is 12.9. The van der Waals surface area contributed by atoms with Crippen molar-refractivity contribution in [2.45, 2.75) is 283 Å². The van der Waals surface area contributed by atoms with Crippen molar-refractivity contribution in [1.29, 1.82) is 0 Å². The second kappa shape index (κ2) is 48.7. The molecular formula is C57H111N2O6P. The lowest BCUT2D eigenvalue weighted by atomic mass is 10.0. The number of amides is 1. The maximum absolute atomic E-state index is 12.9. The molecule has 0 aliphatic rings. The van der Waals surface area contributed by atoms with E-state index >= 15 is 0 Å². The molecular weight excluding hydrogens is 840 g/mol. The highest BCUT2D eigenvalue weighted by Crippen LogP contribution is 2.38. The lowest BCUT2D eigenvalue weighted by Crippen LogP contribution is -2.45. The fraction of sp³-hybridized carbons (Fsp3) is 0.877. The van der Waals surface area contributed by atoms with Crippen LogP contribution in [0.1, 0.15) is 271 Å². The first-order valence-electron chi connectivity index (χ1n) is 28.4. The lowest BCUT2D eigenvalue weighted by Gasteiger charge is -2.29. The Morgan fingerprint density at radius 1 is 0.515 bits per heavy atom. The van der Waals surface area contributed by atoms with Crippen molar-refractivity contribution in [3.05, 3.63) is 36.5 Å². The molecule has 0 heterocycles. The van der Waals surface area contributed by atoms with Crippen LogP contribution in [0.2, 0.25) is 0 Å². The Morgan fingerprint density at radius 2 is 0.848 bits per heavy atom. The summed E-state index contributed by atoms with van der Waals surface area (Å²) < 4.78 is 23.3. The Hall–Kier alpha value is -1.28. The van der Waals surface area contributed by atoms with E-state index in [0.29, 0.717) is 17.4 Å². The number of quaternary nitrogens is 1. The second-order valence-electron chi connectivity index (χ2n) is 20.6. The SMILES string of the molecule is CCCCCCCCCCCCC/C=C\CCCCCCCCCC(=O)NC(COP(=O)([O-])OCC[N+](C)(C)C)C(O)/C=C/CC/C=C/CCCCCCCCCCCCCCCCCC. The minimum absolute atomic E-state index is 0.00664. The topological polar surface area (TPSA) is 108 Å². The summed E-state index contributed by atoms with van der Waals surface area (Å²) >= 11 is 0. The van der Waals surface area contributed by atoms with E-state index in [-0.39, 0.29) is 12.5 Å². The monoisotopic (exact) mass is 951 g/mol. The van der Waals surface area contributed by atoms with Crippen LogP contribution in [-0.2, 0) is 18.4 Å². The van der Waals surface area contributed by atoms with Gasteiger partial charge in [-0.2, -0.15) is 0 Å². The molecule has 0 aromatic rings. The van der Waals surface area contributed by atoms with Crippen LogP contribution in [0.25, 0.3) is 0 Å². The minimum atomic E-state index is -4.60. The number of phosphoric acid groups is 1. The molecule has 66 heavy (non-hydrogen) atoms. The highest BCUT2D eigenvalue weighted by Gasteiger charge is 2.23. The first-order valence-corrected chi connectivity index (χ1v) is 29.8. The maximum Gasteiger partial charge on any atom is 0.268 e. The number of carbonyl (C=O) groups is 1. The van der Waals surface area contributed by atoms with Crippen LogP contribution < -0.4 is 10.2 Å². The minimum Gasteiger partial charge on any atom is -0.756 e. The molecule has 0 fully saturated rings. The molecule has 390 valence electrons. The fourth-order valence-corrected chi connectivity index (χ4v) is 9.06. The predicted octanol–water partition coefficient (Wildman–Crippen LogP) is 16.4. The summed E-state index contributed by atoms with van der Waals surface area (Å²) in [5.41, 5.74) is 0. The molecule has 0 aliphatic carbocycles. The number of rotatable bonds is 52. The van der Waals surface area contributed by atoms with E-state index in [1.54, 1.807) is 6.08 Å². The van der Waals surface area contributed by atoms with Crippen LogP contribution in [0, 0.1) is 0 Å². The number of nitrogens with zero attached hydrogens (tertiary/aromatic N) is 1. The third-order valence-electron chi connectivity index (χ3n) is 12.8. The number of carbonyl (C=O) groups excluding carboxylic acids is 1. The molecule has 0 saturated heterocycles. The molecule has 9 heteroatoms. The predicted molar refractivity (Wildman–Crippen MR) is 284 cm³/mol. The van der Waals surface area contributed by atoms with Crippen LogP contribution >= 0.6 is 7.82 Å². The van der Waals surface area contributed by atoms with Gasteiger partial charge in [-0.25, -0.2) is 0 Å². The molecule has 2 N–H and O–H groups in total.